The number of halogens is 4. The van der Waals surface area contributed by atoms with Crippen molar-refractivity contribution in [2.45, 2.75) is 6.18 Å². The SMILES string of the molecule is NN=Cc1c(F)ccc(C(F)(F)F)c1O. The molecule has 82 valence electrons. The molecular weight excluding hydrogens is 216 g/mol. The molecule has 1 aromatic rings. The van der Waals surface area contributed by atoms with Gasteiger partial charge < -0.3 is 10.9 Å². The van der Waals surface area contributed by atoms with Crippen LogP contribution in [0.4, 0.5) is 17.6 Å². The molecule has 0 spiro atoms. The third kappa shape index (κ3) is 2.17. The van der Waals surface area contributed by atoms with Crippen molar-refractivity contribution >= 4 is 6.21 Å². The smallest absolute Gasteiger partial charge is 0.419 e. The molecule has 0 saturated carbocycles. The first-order valence-corrected chi connectivity index (χ1v) is 3.70. The first-order chi connectivity index (χ1) is 6.88. The molecule has 1 rings (SSSR count). The second kappa shape index (κ2) is 3.76. The summed E-state index contributed by atoms with van der Waals surface area (Å²) in [7, 11) is 0. The average Bonchev–Trinajstić information content (AvgIpc) is 2.09. The van der Waals surface area contributed by atoms with Crippen LogP contribution in [0.1, 0.15) is 11.1 Å². The standard InChI is InChI=1S/C8H6F4N2O/c9-6-2-1-5(8(10,11)12)7(15)4(6)3-14-13/h1-3,15H,13H2. The number of hydrogen-bond acceptors (Lipinski definition) is 3. The molecule has 0 aliphatic heterocycles. The summed E-state index contributed by atoms with van der Waals surface area (Å²) in [5.74, 6) is 2.41. The lowest BCUT2D eigenvalue weighted by Crippen LogP contribution is -2.07. The summed E-state index contributed by atoms with van der Waals surface area (Å²) in [5.41, 5.74) is -2.02. The van der Waals surface area contributed by atoms with Gasteiger partial charge in [-0.1, -0.05) is 0 Å². The van der Waals surface area contributed by atoms with Crippen LogP contribution in [0.25, 0.3) is 0 Å². The molecular formula is C8H6F4N2O. The van der Waals surface area contributed by atoms with Gasteiger partial charge in [0.05, 0.1) is 17.3 Å². The molecule has 0 atom stereocenters. The van der Waals surface area contributed by atoms with Crippen LogP contribution in [0.3, 0.4) is 0 Å². The van der Waals surface area contributed by atoms with Crippen LogP contribution in [-0.4, -0.2) is 11.3 Å². The van der Waals surface area contributed by atoms with Crippen LogP contribution in [0, 0.1) is 5.82 Å². The molecule has 0 saturated heterocycles. The van der Waals surface area contributed by atoms with Gasteiger partial charge in [-0.25, -0.2) is 4.39 Å². The molecule has 1 aromatic carbocycles. The predicted octanol–water partition coefficient (Wildman–Crippen LogP) is 1.84. The third-order valence-electron chi connectivity index (χ3n) is 1.67. The number of hydrazone groups is 1. The lowest BCUT2D eigenvalue weighted by molar-refractivity contribution is -0.138. The number of phenolic OH excluding ortho intramolecular Hbond substituents is 1. The van der Waals surface area contributed by atoms with Gasteiger partial charge in [-0.2, -0.15) is 18.3 Å². The normalized spacial score (nSPS) is 12.3. The van der Waals surface area contributed by atoms with Crippen LogP contribution in [0.2, 0.25) is 0 Å². The molecule has 0 radical (unpaired) electrons. The number of hydrogen-bond donors (Lipinski definition) is 2. The van der Waals surface area contributed by atoms with Crippen molar-refractivity contribution in [1.29, 1.82) is 0 Å². The van der Waals surface area contributed by atoms with Crippen LogP contribution in [-0.2, 0) is 6.18 Å². The zero-order chi connectivity index (χ0) is 11.6. The quantitative estimate of drug-likeness (QED) is 0.329. The first-order valence-electron chi connectivity index (χ1n) is 3.70. The topological polar surface area (TPSA) is 58.6 Å². The number of nitrogens with two attached hydrogens (primary N) is 1. The molecule has 0 fully saturated rings. The van der Waals surface area contributed by atoms with Crippen molar-refractivity contribution < 1.29 is 22.7 Å². The van der Waals surface area contributed by atoms with Crippen molar-refractivity contribution in [3.63, 3.8) is 0 Å². The molecule has 0 unspecified atom stereocenters. The maximum Gasteiger partial charge on any atom is 0.419 e. The molecule has 3 N–H and O–H groups in total. The summed E-state index contributed by atoms with van der Waals surface area (Å²) in [4.78, 5) is 0. The van der Waals surface area contributed by atoms with Gasteiger partial charge in [-0.05, 0) is 12.1 Å². The van der Waals surface area contributed by atoms with Crippen LogP contribution in [0.15, 0.2) is 17.2 Å². The second-order valence-corrected chi connectivity index (χ2v) is 2.63. The number of nitrogens with zero attached hydrogens (tertiary/aromatic N) is 1. The Hall–Kier alpha value is -1.79. The van der Waals surface area contributed by atoms with Gasteiger partial charge in [0.1, 0.15) is 11.6 Å². The van der Waals surface area contributed by atoms with Crippen LogP contribution >= 0.6 is 0 Å². The molecule has 3 nitrogen and oxygen atoms in total. The van der Waals surface area contributed by atoms with Crippen LogP contribution in [0.5, 0.6) is 5.75 Å². The van der Waals surface area contributed by atoms with Gasteiger partial charge in [0.25, 0.3) is 0 Å². The van der Waals surface area contributed by atoms with Gasteiger partial charge in [0.2, 0.25) is 0 Å². The maximum absolute atomic E-state index is 12.9. The summed E-state index contributed by atoms with van der Waals surface area (Å²) in [6.45, 7) is 0. The molecule has 0 aromatic heterocycles. The van der Waals surface area contributed by atoms with Gasteiger partial charge in [-0.15, -0.1) is 0 Å². The highest BCUT2D eigenvalue weighted by molar-refractivity contribution is 5.84. The summed E-state index contributed by atoms with van der Waals surface area (Å²) in [6, 6.07) is 1.03. The Labute approximate surface area is 81.8 Å². The van der Waals surface area contributed by atoms with Crippen molar-refractivity contribution in [2.75, 3.05) is 0 Å². The molecule has 0 amide bonds. The monoisotopic (exact) mass is 222 g/mol. The number of aromatic hydroxyl groups is 1. The number of benzene rings is 1. The van der Waals surface area contributed by atoms with Gasteiger partial charge in [-0.3, -0.25) is 0 Å². The number of alkyl halides is 3. The van der Waals surface area contributed by atoms with E-state index in [9.17, 15) is 17.6 Å². The highest BCUT2D eigenvalue weighted by atomic mass is 19.4. The van der Waals surface area contributed by atoms with E-state index in [-0.39, 0.29) is 0 Å². The van der Waals surface area contributed by atoms with Crippen molar-refractivity contribution in [1.82, 2.24) is 0 Å². The van der Waals surface area contributed by atoms with E-state index >= 15 is 0 Å². The molecule has 0 aliphatic rings. The Morgan fingerprint density at radius 2 is 1.93 bits per heavy atom. The fourth-order valence-electron chi connectivity index (χ4n) is 1.01. The second-order valence-electron chi connectivity index (χ2n) is 2.63. The summed E-state index contributed by atoms with van der Waals surface area (Å²) < 4.78 is 49.7. The van der Waals surface area contributed by atoms with E-state index in [4.69, 9.17) is 5.11 Å². The number of phenols is 1. The average molecular weight is 222 g/mol. The van der Waals surface area contributed by atoms with E-state index < -0.39 is 28.9 Å². The van der Waals surface area contributed by atoms with E-state index in [2.05, 4.69) is 10.9 Å². The molecule has 7 heteroatoms. The highest BCUT2D eigenvalue weighted by Gasteiger charge is 2.35. The van der Waals surface area contributed by atoms with E-state index in [1.807, 2.05) is 0 Å². The summed E-state index contributed by atoms with van der Waals surface area (Å²) >= 11 is 0. The minimum absolute atomic E-state index is 0.443. The highest BCUT2D eigenvalue weighted by Crippen LogP contribution is 2.37. The van der Waals surface area contributed by atoms with E-state index in [1.54, 1.807) is 0 Å². The number of rotatable bonds is 1. The molecule has 0 heterocycles. The molecule has 0 bridgehead atoms. The Kier molecular flexibility index (Phi) is 2.83. The zero-order valence-corrected chi connectivity index (χ0v) is 7.22. The van der Waals surface area contributed by atoms with Crippen LogP contribution < -0.4 is 5.84 Å². The van der Waals surface area contributed by atoms with Gasteiger partial charge in [0, 0.05) is 0 Å². The fourth-order valence-corrected chi connectivity index (χ4v) is 1.01. The minimum atomic E-state index is -4.75. The Morgan fingerprint density at radius 1 is 1.33 bits per heavy atom. The summed E-state index contributed by atoms with van der Waals surface area (Å²) in [6.07, 6.45) is -4.14. The fraction of sp³-hybridized carbons (Fsp3) is 0.125. The predicted molar refractivity (Wildman–Crippen MR) is 44.8 cm³/mol. The minimum Gasteiger partial charge on any atom is -0.507 e. The summed E-state index contributed by atoms with van der Waals surface area (Å²) in [5, 5.41) is 12.0. The Bertz CT molecular complexity index is 400. The lowest BCUT2D eigenvalue weighted by Gasteiger charge is -2.10. The van der Waals surface area contributed by atoms with E-state index in [0.717, 1.165) is 0 Å². The maximum atomic E-state index is 12.9. The molecule has 15 heavy (non-hydrogen) atoms. The van der Waals surface area contributed by atoms with E-state index in [0.29, 0.717) is 18.3 Å². The largest absolute Gasteiger partial charge is 0.507 e. The molecule has 0 aliphatic carbocycles. The van der Waals surface area contributed by atoms with Gasteiger partial charge in [0.15, 0.2) is 0 Å². The van der Waals surface area contributed by atoms with Gasteiger partial charge >= 0.3 is 6.18 Å². The van der Waals surface area contributed by atoms with E-state index in [1.165, 1.54) is 0 Å². The van der Waals surface area contributed by atoms with Crippen molar-refractivity contribution in [3.05, 3.63) is 29.1 Å². The Morgan fingerprint density at radius 3 is 2.40 bits per heavy atom. The van der Waals surface area contributed by atoms with Crippen molar-refractivity contribution in [3.8, 4) is 5.75 Å². The van der Waals surface area contributed by atoms with Crippen molar-refractivity contribution in [2.24, 2.45) is 10.9 Å². The zero-order valence-electron chi connectivity index (χ0n) is 7.22. The lowest BCUT2D eigenvalue weighted by atomic mass is 10.1. The first kappa shape index (κ1) is 11.3. The Balaban J connectivity index is 3.41. The third-order valence-corrected chi connectivity index (χ3v) is 1.67.